The quantitative estimate of drug-likeness (QED) is 0.912. The first kappa shape index (κ1) is 15.3. The first-order valence-corrected chi connectivity index (χ1v) is 6.88. The van der Waals surface area contributed by atoms with Crippen LogP contribution in [0.4, 0.5) is 4.79 Å². The number of urea groups is 1. The summed E-state index contributed by atoms with van der Waals surface area (Å²) < 4.78 is 5.12. The van der Waals surface area contributed by atoms with Crippen molar-refractivity contribution >= 4 is 12.0 Å². The molecule has 1 aromatic carbocycles. The number of carbonyl (C=O) groups excluding carboxylic acids is 1. The Kier molecular flexibility index (Phi) is 4.80. The molecule has 21 heavy (non-hydrogen) atoms. The highest BCUT2D eigenvalue weighted by Gasteiger charge is 2.30. The fraction of sp³-hybridized carbons (Fsp3) is 0.467. The van der Waals surface area contributed by atoms with Crippen molar-refractivity contribution in [3.8, 4) is 0 Å². The van der Waals surface area contributed by atoms with E-state index in [9.17, 15) is 9.59 Å². The van der Waals surface area contributed by atoms with Gasteiger partial charge in [-0.3, -0.25) is 0 Å². The predicted octanol–water partition coefficient (Wildman–Crippen LogP) is 1.33. The minimum Gasteiger partial charge on any atom is -0.479 e. The number of carboxylic acids is 1. The molecule has 0 radical (unpaired) electrons. The van der Waals surface area contributed by atoms with Crippen LogP contribution in [0, 0.1) is 6.92 Å². The van der Waals surface area contributed by atoms with E-state index in [1.807, 2.05) is 31.2 Å². The molecule has 1 fully saturated rings. The minimum absolute atomic E-state index is 0.0896. The number of ether oxygens (including phenoxy) is 1. The third-order valence-corrected chi connectivity index (χ3v) is 3.61. The van der Waals surface area contributed by atoms with Gasteiger partial charge in [-0.05, 0) is 18.1 Å². The molecule has 1 aliphatic rings. The highest BCUT2D eigenvalue weighted by atomic mass is 16.5. The summed E-state index contributed by atoms with van der Waals surface area (Å²) in [6.07, 6.45) is -0.936. The summed E-state index contributed by atoms with van der Waals surface area (Å²) in [5, 5.41) is 8.97. The van der Waals surface area contributed by atoms with E-state index < -0.39 is 12.1 Å². The van der Waals surface area contributed by atoms with Gasteiger partial charge in [0.25, 0.3) is 0 Å². The molecule has 1 heterocycles. The smallest absolute Gasteiger partial charge is 0.334 e. The van der Waals surface area contributed by atoms with Crippen molar-refractivity contribution in [2.45, 2.75) is 19.6 Å². The van der Waals surface area contributed by atoms with E-state index in [1.54, 1.807) is 11.9 Å². The molecule has 0 saturated carbocycles. The summed E-state index contributed by atoms with van der Waals surface area (Å²) in [4.78, 5) is 26.5. The van der Waals surface area contributed by atoms with Crippen LogP contribution in [0.15, 0.2) is 24.3 Å². The highest BCUT2D eigenvalue weighted by Crippen LogP contribution is 2.13. The molecule has 114 valence electrons. The van der Waals surface area contributed by atoms with Crippen LogP contribution in [0.25, 0.3) is 0 Å². The van der Waals surface area contributed by atoms with Crippen molar-refractivity contribution in [2.24, 2.45) is 0 Å². The maximum Gasteiger partial charge on any atom is 0.334 e. The third kappa shape index (κ3) is 3.72. The van der Waals surface area contributed by atoms with Crippen molar-refractivity contribution < 1.29 is 19.4 Å². The molecule has 2 rings (SSSR count). The van der Waals surface area contributed by atoms with E-state index in [0.717, 1.165) is 11.1 Å². The molecule has 1 aromatic rings. The molecule has 1 N–H and O–H groups in total. The SMILES string of the molecule is Cc1ccccc1CN(C)C(=O)N1CCOC(C(=O)O)C1. The maximum atomic E-state index is 12.4. The van der Waals surface area contributed by atoms with Crippen molar-refractivity contribution in [1.82, 2.24) is 9.80 Å². The Morgan fingerprint density at radius 2 is 2.14 bits per heavy atom. The number of hydrogen-bond donors (Lipinski definition) is 1. The second-order valence-electron chi connectivity index (χ2n) is 5.21. The molecule has 2 amide bonds. The number of hydrogen-bond acceptors (Lipinski definition) is 3. The molecule has 1 saturated heterocycles. The van der Waals surface area contributed by atoms with E-state index in [1.165, 1.54) is 4.90 Å². The molecule has 0 bridgehead atoms. The number of rotatable bonds is 3. The van der Waals surface area contributed by atoms with Gasteiger partial charge in [0.05, 0.1) is 13.2 Å². The first-order chi connectivity index (χ1) is 9.99. The zero-order valence-electron chi connectivity index (χ0n) is 12.3. The third-order valence-electron chi connectivity index (χ3n) is 3.61. The van der Waals surface area contributed by atoms with E-state index in [4.69, 9.17) is 9.84 Å². The van der Waals surface area contributed by atoms with Gasteiger partial charge in [0.15, 0.2) is 6.10 Å². The molecule has 1 aliphatic heterocycles. The summed E-state index contributed by atoms with van der Waals surface area (Å²) in [6, 6.07) is 7.71. The van der Waals surface area contributed by atoms with Crippen LogP contribution in [0.1, 0.15) is 11.1 Å². The zero-order chi connectivity index (χ0) is 15.4. The lowest BCUT2D eigenvalue weighted by Gasteiger charge is -2.34. The number of nitrogens with zero attached hydrogens (tertiary/aromatic N) is 2. The van der Waals surface area contributed by atoms with Gasteiger partial charge in [-0.15, -0.1) is 0 Å². The Morgan fingerprint density at radius 3 is 2.81 bits per heavy atom. The number of benzene rings is 1. The van der Waals surface area contributed by atoms with Crippen LogP contribution in [0.3, 0.4) is 0 Å². The largest absolute Gasteiger partial charge is 0.479 e. The lowest BCUT2D eigenvalue weighted by molar-refractivity contribution is -0.154. The van der Waals surface area contributed by atoms with Crippen LogP contribution >= 0.6 is 0 Å². The van der Waals surface area contributed by atoms with Crippen LogP contribution < -0.4 is 0 Å². The molecule has 0 aliphatic carbocycles. The number of carbonyl (C=O) groups is 2. The van der Waals surface area contributed by atoms with Gasteiger partial charge in [-0.2, -0.15) is 0 Å². The Balaban J connectivity index is 1.99. The number of aryl methyl sites for hydroxylation is 1. The summed E-state index contributed by atoms with van der Waals surface area (Å²) in [5.74, 6) is -1.03. The van der Waals surface area contributed by atoms with Crippen LogP contribution in [-0.4, -0.2) is 59.8 Å². The lowest BCUT2D eigenvalue weighted by atomic mass is 10.1. The normalized spacial score (nSPS) is 18.4. The van der Waals surface area contributed by atoms with Gasteiger partial charge in [-0.25, -0.2) is 9.59 Å². The van der Waals surface area contributed by atoms with Crippen molar-refractivity contribution in [3.63, 3.8) is 0 Å². The van der Waals surface area contributed by atoms with Crippen molar-refractivity contribution in [1.29, 1.82) is 0 Å². The van der Waals surface area contributed by atoms with Crippen molar-refractivity contribution in [3.05, 3.63) is 35.4 Å². The second-order valence-corrected chi connectivity index (χ2v) is 5.21. The number of morpholine rings is 1. The fourth-order valence-electron chi connectivity index (χ4n) is 2.32. The van der Waals surface area contributed by atoms with Crippen LogP contribution in [-0.2, 0) is 16.1 Å². The summed E-state index contributed by atoms with van der Waals surface area (Å²) in [6.45, 7) is 3.26. The molecule has 1 unspecified atom stereocenters. The van der Waals surface area contributed by atoms with Gasteiger partial charge in [0, 0.05) is 20.1 Å². The van der Waals surface area contributed by atoms with E-state index in [0.29, 0.717) is 13.1 Å². The Hall–Kier alpha value is -2.08. The number of aliphatic carboxylic acids is 1. The van der Waals surface area contributed by atoms with E-state index in [2.05, 4.69) is 0 Å². The maximum absolute atomic E-state index is 12.4. The van der Waals surface area contributed by atoms with Gasteiger partial charge >= 0.3 is 12.0 Å². The fourth-order valence-corrected chi connectivity index (χ4v) is 2.32. The zero-order valence-corrected chi connectivity index (χ0v) is 12.3. The second kappa shape index (κ2) is 6.58. The molecular formula is C15H20N2O4. The summed E-state index contributed by atoms with van der Waals surface area (Å²) in [7, 11) is 1.72. The average molecular weight is 292 g/mol. The van der Waals surface area contributed by atoms with Gasteiger partial charge in [-0.1, -0.05) is 24.3 Å². The molecule has 6 nitrogen and oxygen atoms in total. The Labute approximate surface area is 123 Å². The predicted molar refractivity (Wildman–Crippen MR) is 77.0 cm³/mol. The summed E-state index contributed by atoms with van der Waals surface area (Å²) >= 11 is 0. The molecule has 6 heteroatoms. The topological polar surface area (TPSA) is 70.1 Å². The lowest BCUT2D eigenvalue weighted by Crippen LogP contribution is -2.51. The van der Waals surface area contributed by atoms with Crippen LogP contribution in [0.5, 0.6) is 0 Å². The molecule has 0 aromatic heterocycles. The number of amides is 2. The molecular weight excluding hydrogens is 272 g/mol. The minimum atomic E-state index is -1.03. The van der Waals surface area contributed by atoms with Gasteiger partial charge in [0.1, 0.15) is 0 Å². The van der Waals surface area contributed by atoms with Crippen molar-refractivity contribution in [2.75, 3.05) is 26.7 Å². The van der Waals surface area contributed by atoms with E-state index in [-0.39, 0.29) is 19.2 Å². The van der Waals surface area contributed by atoms with Gasteiger partial charge in [0.2, 0.25) is 0 Å². The molecule has 1 atom stereocenters. The highest BCUT2D eigenvalue weighted by molar-refractivity contribution is 5.77. The summed E-state index contributed by atoms with van der Waals surface area (Å²) in [5.41, 5.74) is 2.21. The average Bonchev–Trinajstić information content (AvgIpc) is 2.49. The Morgan fingerprint density at radius 1 is 1.43 bits per heavy atom. The number of carboxylic acid groups (broad SMARTS) is 1. The monoisotopic (exact) mass is 292 g/mol. The molecule has 0 spiro atoms. The van der Waals surface area contributed by atoms with E-state index >= 15 is 0 Å². The first-order valence-electron chi connectivity index (χ1n) is 6.88. The standard InChI is InChI=1S/C15H20N2O4/c1-11-5-3-4-6-12(11)9-16(2)15(20)17-7-8-21-13(10-17)14(18)19/h3-6,13H,7-10H2,1-2H3,(H,18,19). The Bertz CT molecular complexity index is 532. The van der Waals surface area contributed by atoms with Crippen LogP contribution in [0.2, 0.25) is 0 Å². The van der Waals surface area contributed by atoms with Gasteiger partial charge < -0.3 is 19.6 Å².